The van der Waals surface area contributed by atoms with Gasteiger partial charge in [0.15, 0.2) is 5.75 Å². The van der Waals surface area contributed by atoms with Gasteiger partial charge < -0.3 is 23.8 Å². The number of fused-ring (bicyclic) bond motifs is 1. The van der Waals surface area contributed by atoms with Crippen LogP contribution in [0.25, 0.3) is 0 Å². The van der Waals surface area contributed by atoms with E-state index in [-0.39, 0.29) is 49.3 Å². The zero-order valence-corrected chi connectivity index (χ0v) is 19.3. The zero-order chi connectivity index (χ0) is 26.8. The van der Waals surface area contributed by atoms with E-state index < -0.39 is 49.1 Å². The minimum atomic E-state index is -4.79. The summed E-state index contributed by atoms with van der Waals surface area (Å²) >= 11 is 0. The maximum Gasteiger partial charge on any atom is 0.522 e. The summed E-state index contributed by atoms with van der Waals surface area (Å²) in [5.41, 5.74) is -2.29. The quantitative estimate of drug-likeness (QED) is 0.392. The van der Waals surface area contributed by atoms with E-state index in [1.54, 1.807) is 0 Å². The first-order valence-electron chi connectivity index (χ1n) is 10.9. The third-order valence-electron chi connectivity index (χ3n) is 5.85. The Kier molecular flexibility index (Phi) is 7.48. The first-order chi connectivity index (χ1) is 17.4. The number of aromatic nitrogens is 2. The van der Waals surface area contributed by atoms with E-state index in [4.69, 9.17) is 18.9 Å². The Morgan fingerprint density at radius 3 is 2.62 bits per heavy atom. The molecule has 4 rings (SSSR count). The molecule has 0 saturated carbocycles. The van der Waals surface area contributed by atoms with Gasteiger partial charge in [-0.25, -0.2) is 9.97 Å². The smallest absolute Gasteiger partial charge is 0.486 e. The van der Waals surface area contributed by atoms with Gasteiger partial charge in [0.1, 0.15) is 36.5 Å². The van der Waals surface area contributed by atoms with Crippen LogP contribution >= 0.6 is 0 Å². The molecule has 0 radical (unpaired) electrons. The van der Waals surface area contributed by atoms with Crippen LogP contribution < -0.4 is 9.47 Å². The van der Waals surface area contributed by atoms with Gasteiger partial charge in [0.25, 0.3) is 11.8 Å². The van der Waals surface area contributed by atoms with Crippen molar-refractivity contribution in [3.8, 4) is 11.6 Å². The Balaban J connectivity index is 1.46. The summed E-state index contributed by atoms with van der Waals surface area (Å²) < 4.78 is 101. The number of hydrogen-bond acceptors (Lipinski definition) is 8. The van der Waals surface area contributed by atoms with E-state index in [0.29, 0.717) is 0 Å². The van der Waals surface area contributed by atoms with Crippen molar-refractivity contribution in [1.82, 2.24) is 14.9 Å². The number of nitrogens with zero attached hydrogens (tertiary/aromatic N) is 3. The molecule has 15 heteroatoms. The molecule has 2 aliphatic rings. The monoisotopic (exact) mass is 537 g/mol. The van der Waals surface area contributed by atoms with Gasteiger partial charge in [-0.15, -0.1) is 13.2 Å². The third-order valence-corrected chi connectivity index (χ3v) is 5.85. The van der Waals surface area contributed by atoms with E-state index in [9.17, 15) is 31.1 Å². The van der Waals surface area contributed by atoms with Crippen molar-refractivity contribution in [2.24, 2.45) is 0 Å². The predicted molar refractivity (Wildman–Crippen MR) is 111 cm³/mol. The molecule has 2 saturated heterocycles. The summed E-state index contributed by atoms with van der Waals surface area (Å²) in [6, 6.07) is 6.17. The van der Waals surface area contributed by atoms with E-state index in [2.05, 4.69) is 14.7 Å². The van der Waals surface area contributed by atoms with E-state index in [1.807, 2.05) is 0 Å². The highest BCUT2D eigenvalue weighted by Crippen LogP contribution is 2.43. The predicted octanol–water partition coefficient (Wildman–Crippen LogP) is 3.53. The van der Waals surface area contributed by atoms with Gasteiger partial charge in [0, 0.05) is 13.0 Å². The van der Waals surface area contributed by atoms with Crippen molar-refractivity contribution in [3.63, 3.8) is 0 Å². The maximum atomic E-state index is 13.2. The number of carbonyl (C=O) groups is 1. The third kappa shape index (κ3) is 5.88. The summed E-state index contributed by atoms with van der Waals surface area (Å²) in [5.74, 6) is -0.644. The number of amides is 1. The Bertz CT molecular complexity index is 1130. The Morgan fingerprint density at radius 1 is 1.14 bits per heavy atom. The van der Waals surface area contributed by atoms with Gasteiger partial charge in [0.05, 0.1) is 26.0 Å². The molecule has 2 fully saturated rings. The Morgan fingerprint density at radius 2 is 1.92 bits per heavy atom. The van der Waals surface area contributed by atoms with Gasteiger partial charge in [-0.2, -0.15) is 13.2 Å². The molecule has 2 aliphatic heterocycles. The van der Waals surface area contributed by atoms with Crippen LogP contribution in [0.1, 0.15) is 28.3 Å². The lowest BCUT2D eigenvalue weighted by Crippen LogP contribution is -2.54. The summed E-state index contributed by atoms with van der Waals surface area (Å²) in [6.07, 6.45) is -10.1. The van der Waals surface area contributed by atoms with E-state index in [0.717, 1.165) is 6.07 Å². The van der Waals surface area contributed by atoms with Crippen molar-refractivity contribution in [2.75, 3.05) is 40.2 Å². The number of hydrogen-bond donors (Lipinski definition) is 0. The van der Waals surface area contributed by atoms with Crippen LogP contribution in [0.4, 0.5) is 26.3 Å². The van der Waals surface area contributed by atoms with Crippen molar-refractivity contribution in [3.05, 3.63) is 47.4 Å². The molecule has 1 unspecified atom stereocenters. The molecule has 0 N–H and O–H groups in total. The number of piperidine rings is 1. The zero-order valence-electron chi connectivity index (χ0n) is 19.3. The van der Waals surface area contributed by atoms with Crippen LogP contribution in [-0.2, 0) is 26.0 Å². The van der Waals surface area contributed by atoms with Crippen molar-refractivity contribution in [2.45, 2.75) is 30.7 Å². The molecule has 0 bridgehead atoms. The molecule has 2 aromatic heterocycles. The highest BCUT2D eigenvalue weighted by Gasteiger charge is 2.53. The van der Waals surface area contributed by atoms with E-state index >= 15 is 0 Å². The van der Waals surface area contributed by atoms with Gasteiger partial charge in [-0.3, -0.25) is 9.53 Å². The van der Waals surface area contributed by atoms with Gasteiger partial charge >= 0.3 is 12.5 Å². The highest BCUT2D eigenvalue weighted by atomic mass is 19.4. The average molecular weight is 537 g/mol. The molecule has 37 heavy (non-hydrogen) atoms. The van der Waals surface area contributed by atoms with Crippen molar-refractivity contribution in [1.29, 1.82) is 0 Å². The molecule has 0 aliphatic carbocycles. The molecule has 9 nitrogen and oxygen atoms in total. The summed E-state index contributed by atoms with van der Waals surface area (Å²) in [7, 11) is 1.25. The fraction of sp³-hybridized carbons (Fsp3) is 0.500. The van der Waals surface area contributed by atoms with Gasteiger partial charge in [-0.05, 0) is 24.3 Å². The van der Waals surface area contributed by atoms with Gasteiger partial charge in [-0.1, -0.05) is 6.07 Å². The normalized spacial score (nSPS) is 22.0. The molecule has 202 valence electrons. The van der Waals surface area contributed by atoms with Gasteiger partial charge in [0.2, 0.25) is 0 Å². The number of likely N-dealkylation sites (tertiary alicyclic amines) is 1. The van der Waals surface area contributed by atoms with Crippen molar-refractivity contribution < 1.29 is 54.8 Å². The first-order valence-corrected chi connectivity index (χ1v) is 10.9. The van der Waals surface area contributed by atoms with Crippen molar-refractivity contribution >= 4 is 5.91 Å². The number of alkyl halides is 6. The van der Waals surface area contributed by atoms with E-state index in [1.165, 1.54) is 36.3 Å². The molecule has 1 amide bonds. The second kappa shape index (κ2) is 10.3. The minimum Gasteiger partial charge on any atom is -0.486 e. The lowest BCUT2D eigenvalue weighted by Gasteiger charge is -2.41. The standard InChI is InChI=1S/C22H21F6N3O6/c1-33-18-14(34-9-10-36-22(26,27)28)6-5-13(29-18)19(32)31-8-7-20(17(11-31)35-12-37-20)15-3-2-4-16(30-15)21(23,24)25/h2-6,17H,7-12H2,1H3/t17?,20-/m1/s1. The molecule has 0 aromatic carbocycles. The molecule has 2 atom stereocenters. The first kappa shape index (κ1) is 26.9. The number of carbonyl (C=O) groups excluding carboxylic acids is 1. The second-order valence-electron chi connectivity index (χ2n) is 8.06. The SMILES string of the molecule is COc1nc(C(=O)N2CC[C@]3(c4cccc(C(F)(F)F)n4)OCOC3C2)ccc1OCCOC(F)(F)F. The molecular weight excluding hydrogens is 516 g/mol. The Labute approximate surface area is 206 Å². The summed E-state index contributed by atoms with van der Waals surface area (Å²) in [4.78, 5) is 22.4. The minimum absolute atomic E-state index is 0.00522. The highest BCUT2D eigenvalue weighted by molar-refractivity contribution is 5.92. The fourth-order valence-corrected chi connectivity index (χ4v) is 4.13. The largest absolute Gasteiger partial charge is 0.522 e. The number of rotatable bonds is 7. The molecule has 0 spiro atoms. The fourth-order valence-electron chi connectivity index (χ4n) is 4.13. The van der Waals surface area contributed by atoms with Crippen LogP contribution in [0.5, 0.6) is 11.6 Å². The second-order valence-corrected chi connectivity index (χ2v) is 8.06. The van der Waals surface area contributed by atoms with Crippen LogP contribution in [0.3, 0.4) is 0 Å². The average Bonchev–Trinajstić information content (AvgIpc) is 3.29. The lowest BCUT2D eigenvalue weighted by atomic mass is 9.85. The molecule has 2 aromatic rings. The molecule has 4 heterocycles. The Hall–Kier alpha value is -3.17. The number of methoxy groups -OCH3 is 1. The van der Waals surface area contributed by atoms with Crippen LogP contribution in [0, 0.1) is 0 Å². The number of pyridine rings is 2. The number of ether oxygens (including phenoxy) is 5. The maximum absolute atomic E-state index is 13.2. The lowest BCUT2D eigenvalue weighted by molar-refractivity contribution is -0.325. The number of halogens is 6. The van der Waals surface area contributed by atoms with Crippen LogP contribution in [-0.4, -0.2) is 73.4 Å². The summed E-state index contributed by atoms with van der Waals surface area (Å²) in [6.45, 7) is -1.28. The molecular formula is C22H21F6N3O6. The topological polar surface area (TPSA) is 92.2 Å². The van der Waals surface area contributed by atoms with Crippen LogP contribution in [0.15, 0.2) is 30.3 Å². The summed E-state index contributed by atoms with van der Waals surface area (Å²) in [5, 5.41) is 0. The van der Waals surface area contributed by atoms with Crippen LogP contribution in [0.2, 0.25) is 0 Å².